The largest absolute Gasteiger partial charge is 0.491 e. The van der Waals surface area contributed by atoms with Crippen molar-refractivity contribution in [3.63, 3.8) is 0 Å². The number of aromatic nitrogens is 2. The van der Waals surface area contributed by atoms with Gasteiger partial charge in [0.25, 0.3) is 0 Å². The Morgan fingerprint density at radius 3 is 2.77 bits per heavy atom. The maximum Gasteiger partial charge on any atom is 0.491 e. The van der Waals surface area contributed by atoms with Gasteiger partial charge in [0, 0.05) is 17.4 Å². The minimum atomic E-state index is -1.53. The monoisotopic (exact) mass is 200 g/mol. The van der Waals surface area contributed by atoms with Gasteiger partial charge in [-0.25, -0.2) is 9.97 Å². The van der Waals surface area contributed by atoms with Crippen LogP contribution in [0, 0.1) is 0 Å². The molecule has 13 heavy (non-hydrogen) atoms. The van der Waals surface area contributed by atoms with E-state index in [-0.39, 0.29) is 5.28 Å². The maximum absolute atomic E-state index is 8.95. The summed E-state index contributed by atoms with van der Waals surface area (Å²) in [6, 6.07) is 0. The Kier molecular flexibility index (Phi) is 3.65. The minimum absolute atomic E-state index is 0.132. The second-order valence-electron chi connectivity index (χ2n) is 2.66. The lowest BCUT2D eigenvalue weighted by molar-refractivity contribution is 0.425. The number of nitrogens with zero attached hydrogens (tertiary/aromatic N) is 2. The maximum atomic E-state index is 8.95. The SMILES string of the molecule is CCCc1nc(Cl)ncc1B(O)O. The fraction of sp³-hybridized carbons (Fsp3) is 0.429. The fourth-order valence-corrected chi connectivity index (χ4v) is 1.21. The van der Waals surface area contributed by atoms with Gasteiger partial charge in [0.2, 0.25) is 5.28 Å². The molecule has 0 radical (unpaired) electrons. The van der Waals surface area contributed by atoms with Crippen molar-refractivity contribution in [1.29, 1.82) is 0 Å². The topological polar surface area (TPSA) is 66.2 Å². The van der Waals surface area contributed by atoms with Crippen molar-refractivity contribution in [2.45, 2.75) is 19.8 Å². The van der Waals surface area contributed by atoms with Crippen LogP contribution in [0.5, 0.6) is 0 Å². The smallest absolute Gasteiger partial charge is 0.423 e. The summed E-state index contributed by atoms with van der Waals surface area (Å²) >= 11 is 5.57. The van der Waals surface area contributed by atoms with E-state index in [4.69, 9.17) is 21.6 Å². The van der Waals surface area contributed by atoms with Crippen LogP contribution in [0.15, 0.2) is 6.20 Å². The molecule has 0 fully saturated rings. The van der Waals surface area contributed by atoms with Crippen LogP contribution >= 0.6 is 11.6 Å². The molecule has 1 rings (SSSR count). The molecule has 4 nitrogen and oxygen atoms in total. The Morgan fingerprint density at radius 2 is 2.23 bits per heavy atom. The van der Waals surface area contributed by atoms with Crippen molar-refractivity contribution < 1.29 is 10.0 Å². The molecule has 0 atom stereocenters. The first-order valence-corrected chi connectivity index (χ1v) is 4.40. The van der Waals surface area contributed by atoms with Crippen LogP contribution in [0.25, 0.3) is 0 Å². The fourth-order valence-electron chi connectivity index (χ4n) is 1.05. The van der Waals surface area contributed by atoms with E-state index < -0.39 is 7.12 Å². The first kappa shape index (κ1) is 10.4. The first-order valence-electron chi connectivity index (χ1n) is 4.02. The molecule has 0 amide bonds. The van der Waals surface area contributed by atoms with Gasteiger partial charge < -0.3 is 10.0 Å². The summed E-state index contributed by atoms with van der Waals surface area (Å²) in [5.41, 5.74) is 0.920. The summed E-state index contributed by atoms with van der Waals surface area (Å²) in [6.45, 7) is 1.98. The van der Waals surface area contributed by atoms with Crippen molar-refractivity contribution in [3.05, 3.63) is 17.2 Å². The lowest BCUT2D eigenvalue weighted by Crippen LogP contribution is -2.34. The Morgan fingerprint density at radius 1 is 1.54 bits per heavy atom. The zero-order valence-electron chi connectivity index (χ0n) is 7.24. The molecule has 70 valence electrons. The molecular formula is C7H10BClN2O2. The van der Waals surface area contributed by atoms with Crippen LogP contribution in [0.2, 0.25) is 5.28 Å². The van der Waals surface area contributed by atoms with Crippen LogP contribution < -0.4 is 5.46 Å². The minimum Gasteiger partial charge on any atom is -0.423 e. The average Bonchev–Trinajstić information content (AvgIpc) is 2.04. The highest BCUT2D eigenvalue weighted by Gasteiger charge is 2.17. The quantitative estimate of drug-likeness (QED) is 0.522. The Labute approximate surface area is 81.7 Å². The summed E-state index contributed by atoms with van der Waals surface area (Å²) in [5, 5.41) is 18.0. The standard InChI is InChI=1S/C7H10BClN2O2/c1-2-3-6-5(8(12)13)4-10-7(9)11-6/h4,12-13H,2-3H2,1H3. The van der Waals surface area contributed by atoms with Gasteiger partial charge in [0.05, 0.1) is 0 Å². The number of hydrogen-bond acceptors (Lipinski definition) is 4. The lowest BCUT2D eigenvalue weighted by Gasteiger charge is -2.05. The van der Waals surface area contributed by atoms with E-state index in [1.165, 1.54) is 6.20 Å². The van der Waals surface area contributed by atoms with E-state index in [2.05, 4.69) is 9.97 Å². The zero-order valence-corrected chi connectivity index (χ0v) is 7.99. The number of halogens is 1. The third-order valence-corrected chi connectivity index (χ3v) is 1.82. The van der Waals surface area contributed by atoms with E-state index in [1.54, 1.807) is 0 Å². The van der Waals surface area contributed by atoms with Gasteiger partial charge in [-0.05, 0) is 18.0 Å². The van der Waals surface area contributed by atoms with Crippen molar-refractivity contribution in [3.8, 4) is 0 Å². The van der Waals surface area contributed by atoms with Gasteiger partial charge in [-0.2, -0.15) is 0 Å². The van der Waals surface area contributed by atoms with E-state index in [0.717, 1.165) is 6.42 Å². The van der Waals surface area contributed by atoms with Crippen molar-refractivity contribution in [1.82, 2.24) is 9.97 Å². The summed E-state index contributed by atoms with van der Waals surface area (Å²) < 4.78 is 0. The third kappa shape index (κ3) is 2.65. The van der Waals surface area contributed by atoms with Crippen LogP contribution in [0.3, 0.4) is 0 Å². The lowest BCUT2D eigenvalue weighted by atomic mass is 9.79. The van der Waals surface area contributed by atoms with Crippen LogP contribution in [0.1, 0.15) is 19.0 Å². The highest BCUT2D eigenvalue weighted by atomic mass is 35.5. The Balaban J connectivity index is 3.03. The number of aryl methyl sites for hydroxylation is 1. The predicted octanol–water partition coefficient (Wildman–Crippen LogP) is -0.238. The second kappa shape index (κ2) is 4.55. The molecule has 0 aliphatic carbocycles. The normalized spacial score (nSPS) is 10.2. The van der Waals surface area contributed by atoms with Crippen molar-refractivity contribution in [2.75, 3.05) is 0 Å². The van der Waals surface area contributed by atoms with E-state index >= 15 is 0 Å². The molecule has 0 aromatic carbocycles. The summed E-state index contributed by atoms with van der Waals surface area (Å²) in [7, 11) is -1.53. The molecule has 0 aliphatic rings. The molecule has 0 unspecified atom stereocenters. The van der Waals surface area contributed by atoms with Gasteiger partial charge in [-0.15, -0.1) is 0 Å². The van der Waals surface area contributed by atoms with Gasteiger partial charge in [0.15, 0.2) is 0 Å². The molecule has 1 heterocycles. The molecule has 0 bridgehead atoms. The second-order valence-corrected chi connectivity index (χ2v) is 3.00. The Hall–Kier alpha value is -0.645. The number of rotatable bonds is 3. The average molecular weight is 200 g/mol. The summed E-state index contributed by atoms with van der Waals surface area (Å²) in [6.07, 6.45) is 2.87. The van der Waals surface area contributed by atoms with E-state index in [0.29, 0.717) is 17.6 Å². The van der Waals surface area contributed by atoms with Gasteiger partial charge in [-0.1, -0.05) is 13.3 Å². The molecule has 0 saturated heterocycles. The summed E-state index contributed by atoms with van der Waals surface area (Å²) in [4.78, 5) is 7.60. The van der Waals surface area contributed by atoms with Crippen LogP contribution in [0.4, 0.5) is 0 Å². The van der Waals surface area contributed by atoms with Gasteiger partial charge >= 0.3 is 7.12 Å². The molecule has 6 heteroatoms. The van der Waals surface area contributed by atoms with Gasteiger partial charge in [0.1, 0.15) is 0 Å². The van der Waals surface area contributed by atoms with Crippen molar-refractivity contribution in [2.24, 2.45) is 0 Å². The zero-order chi connectivity index (χ0) is 9.84. The Bertz CT molecular complexity index is 296. The number of hydrogen-bond donors (Lipinski definition) is 2. The molecular weight excluding hydrogens is 190 g/mol. The molecule has 0 saturated carbocycles. The molecule has 1 aromatic rings. The van der Waals surface area contributed by atoms with Crippen molar-refractivity contribution >= 4 is 24.2 Å². The summed E-state index contributed by atoms with van der Waals surface area (Å²) in [5.74, 6) is 0. The molecule has 0 spiro atoms. The molecule has 1 aromatic heterocycles. The van der Waals surface area contributed by atoms with Crippen LogP contribution in [-0.2, 0) is 6.42 Å². The molecule has 0 aliphatic heterocycles. The first-order chi connectivity index (χ1) is 6.15. The predicted molar refractivity (Wildman–Crippen MR) is 50.9 cm³/mol. The molecule has 2 N–H and O–H groups in total. The highest BCUT2D eigenvalue weighted by Crippen LogP contribution is 2.02. The van der Waals surface area contributed by atoms with E-state index in [1.807, 2.05) is 6.92 Å². The van der Waals surface area contributed by atoms with Crippen LogP contribution in [-0.4, -0.2) is 27.1 Å². The van der Waals surface area contributed by atoms with Gasteiger partial charge in [-0.3, -0.25) is 0 Å². The van der Waals surface area contributed by atoms with E-state index in [9.17, 15) is 0 Å². The highest BCUT2D eigenvalue weighted by molar-refractivity contribution is 6.59. The third-order valence-electron chi connectivity index (χ3n) is 1.64.